The highest BCUT2D eigenvalue weighted by atomic mass is 16.8. The summed E-state index contributed by atoms with van der Waals surface area (Å²) in [5.41, 5.74) is 0. The van der Waals surface area contributed by atoms with Crippen LogP contribution in [0.5, 0.6) is 0 Å². The molecule has 6 aliphatic rings. The molecule has 17 N–H and O–H groups in total. The number of aliphatic hydroxyl groups excluding tert-OH is 16. The third-order valence-corrected chi connectivity index (χ3v) is 12.6. The van der Waals surface area contributed by atoms with E-state index in [1.807, 2.05) is 0 Å². The molecule has 1 amide bonds. The lowest BCUT2D eigenvalue weighted by Gasteiger charge is -2.50. The van der Waals surface area contributed by atoms with Gasteiger partial charge in [-0.3, -0.25) is 4.79 Å². The fraction of sp³-hybridized carbons (Fsp3) is 0.974. The van der Waals surface area contributed by atoms with Crippen molar-refractivity contribution in [2.75, 3.05) is 39.6 Å². The second-order valence-electron chi connectivity index (χ2n) is 17.3. The molecule has 6 heterocycles. The zero-order valence-electron chi connectivity index (χ0n) is 36.2. The maximum absolute atomic E-state index is 12.3. The predicted octanol–water partition coefficient (Wildman–Crippen LogP) is -11.2. The Hall–Kier alpha value is -1.61. The summed E-state index contributed by atoms with van der Waals surface area (Å²) in [5, 5.41) is 172. The molecule has 6 aliphatic heterocycles. The molecular weight excluding hydrogens is 918 g/mol. The van der Waals surface area contributed by atoms with Gasteiger partial charge in [-0.05, 0) is 6.92 Å². The van der Waals surface area contributed by atoms with Crippen molar-refractivity contribution in [1.29, 1.82) is 0 Å². The standard InChI is InChI=1S/C38H65NO28/c1-10-20(45)25(50)28(53)35(60-10)59-9-18-23(48)27(52)30(55)37(64-18)67-33-16(6-42)63-38(31(56)34(33)65-19-3-13(44)21(46)14(4-40)61-19)66-32-12(39-11(2)43)7-57-17(24(32)49)8-58-36-29(54)26(51)22(47)15(5-41)62-36/h10,12-38,40-42,44-56H,3-9H2,1-2H3,(H,39,43)/t10-,12-,13+,14+,15+,16+,17+,18+,19-,20-,21-,22+,23+,24+,25+,26-,27-,28+,29+,30+,31+,32+,33-,34+,35+,36-,37+,38+/m0/s1. The van der Waals surface area contributed by atoms with Crippen LogP contribution in [-0.4, -0.2) is 299 Å². The molecular formula is C38H65NO28. The van der Waals surface area contributed by atoms with Crippen molar-refractivity contribution in [1.82, 2.24) is 5.32 Å². The molecule has 6 saturated heterocycles. The van der Waals surface area contributed by atoms with Crippen LogP contribution < -0.4 is 5.32 Å². The monoisotopic (exact) mass is 983 g/mol. The molecule has 0 aromatic heterocycles. The van der Waals surface area contributed by atoms with E-state index >= 15 is 0 Å². The molecule has 67 heavy (non-hydrogen) atoms. The fourth-order valence-electron chi connectivity index (χ4n) is 8.59. The second-order valence-corrected chi connectivity index (χ2v) is 17.3. The lowest BCUT2D eigenvalue weighted by molar-refractivity contribution is -0.388. The van der Waals surface area contributed by atoms with Gasteiger partial charge in [0.15, 0.2) is 31.5 Å². The Morgan fingerprint density at radius 1 is 0.493 bits per heavy atom. The molecule has 0 spiro atoms. The van der Waals surface area contributed by atoms with Crippen molar-refractivity contribution in [3.05, 3.63) is 0 Å². The highest BCUT2D eigenvalue weighted by molar-refractivity contribution is 5.73. The Kier molecular flexibility index (Phi) is 19.4. The van der Waals surface area contributed by atoms with E-state index in [1.165, 1.54) is 6.92 Å². The SMILES string of the molecule is CC(=O)N[C@H]1CO[C@H](CO[C@H]2O[C@H](CO)[C@@H](O)[C@H](O)[C@H]2O)[C@@H](O)[C@@H]1O[C@H]1O[C@H](CO)[C@H](O[C@H]2O[C@H](CO[C@@H]3O[C@@H](C)[C@H](O)[C@@H](O)[C@H]3O)[C@@H](O)[C@H](O)[C@H]2O)[C@H](O[C@H]2C[C@@H](O)[C@H](O)[C@@H](CO)O2)[C@H]1O. The molecule has 0 aliphatic carbocycles. The van der Waals surface area contributed by atoms with Gasteiger partial charge in [-0.25, -0.2) is 0 Å². The molecule has 29 nitrogen and oxygen atoms in total. The highest BCUT2D eigenvalue weighted by Gasteiger charge is 2.56. The average Bonchev–Trinajstić information content (AvgIpc) is 3.30. The van der Waals surface area contributed by atoms with Crippen molar-refractivity contribution in [2.45, 2.75) is 192 Å². The molecule has 0 aromatic rings. The number of hydrogen-bond donors (Lipinski definition) is 17. The summed E-state index contributed by atoms with van der Waals surface area (Å²) in [5.74, 6) is -0.623. The average molecular weight is 984 g/mol. The first-order valence-corrected chi connectivity index (χ1v) is 21.7. The largest absolute Gasteiger partial charge is 0.394 e. The number of hydrogen-bond acceptors (Lipinski definition) is 28. The van der Waals surface area contributed by atoms with E-state index in [1.54, 1.807) is 0 Å². The first-order chi connectivity index (χ1) is 31.7. The van der Waals surface area contributed by atoms with Crippen molar-refractivity contribution in [2.24, 2.45) is 0 Å². The van der Waals surface area contributed by atoms with Gasteiger partial charge in [0, 0.05) is 13.3 Å². The molecule has 0 saturated carbocycles. The van der Waals surface area contributed by atoms with E-state index in [0.29, 0.717) is 0 Å². The van der Waals surface area contributed by atoms with Crippen molar-refractivity contribution < 1.29 is 139 Å². The van der Waals surface area contributed by atoms with Crippen molar-refractivity contribution in [3.63, 3.8) is 0 Å². The summed E-state index contributed by atoms with van der Waals surface area (Å²) in [4.78, 5) is 12.3. The molecule has 6 fully saturated rings. The Bertz CT molecular complexity index is 1540. The van der Waals surface area contributed by atoms with Gasteiger partial charge in [0.25, 0.3) is 0 Å². The van der Waals surface area contributed by atoms with Crippen LogP contribution in [0.3, 0.4) is 0 Å². The zero-order valence-corrected chi connectivity index (χ0v) is 36.2. The van der Waals surface area contributed by atoms with E-state index < -0.39 is 217 Å². The topological polar surface area (TPSA) is 454 Å². The van der Waals surface area contributed by atoms with E-state index in [4.69, 9.17) is 52.1 Å². The number of aliphatic hydroxyl groups is 16. The number of rotatable bonds is 16. The zero-order chi connectivity index (χ0) is 49.2. The number of carbonyl (C=O) groups excluding carboxylic acids is 1. The molecule has 390 valence electrons. The summed E-state index contributed by atoms with van der Waals surface area (Å²) in [6.07, 6.45) is -46.0. The van der Waals surface area contributed by atoms with Gasteiger partial charge < -0.3 is 139 Å². The van der Waals surface area contributed by atoms with Gasteiger partial charge in [-0.1, -0.05) is 0 Å². The van der Waals surface area contributed by atoms with Gasteiger partial charge in [0.1, 0.15) is 122 Å². The minimum Gasteiger partial charge on any atom is -0.394 e. The first kappa shape index (κ1) is 54.7. The fourth-order valence-corrected chi connectivity index (χ4v) is 8.59. The van der Waals surface area contributed by atoms with Gasteiger partial charge >= 0.3 is 0 Å². The number of nitrogens with one attached hydrogen (secondary N) is 1. The maximum atomic E-state index is 12.3. The summed E-state index contributed by atoms with van der Waals surface area (Å²) >= 11 is 0. The van der Waals surface area contributed by atoms with E-state index in [2.05, 4.69) is 5.32 Å². The van der Waals surface area contributed by atoms with Crippen LogP contribution in [0.25, 0.3) is 0 Å². The summed E-state index contributed by atoms with van der Waals surface area (Å²) < 4.78 is 63.2. The van der Waals surface area contributed by atoms with Crippen LogP contribution in [0.1, 0.15) is 20.3 Å². The van der Waals surface area contributed by atoms with Crippen LogP contribution in [0, 0.1) is 0 Å². The molecule has 0 bridgehead atoms. The first-order valence-electron chi connectivity index (χ1n) is 21.7. The van der Waals surface area contributed by atoms with Crippen molar-refractivity contribution in [3.8, 4) is 0 Å². The smallest absolute Gasteiger partial charge is 0.217 e. The van der Waals surface area contributed by atoms with E-state index in [-0.39, 0.29) is 6.61 Å². The van der Waals surface area contributed by atoms with Crippen LogP contribution in [0.4, 0.5) is 0 Å². The third kappa shape index (κ3) is 12.2. The van der Waals surface area contributed by atoms with Gasteiger partial charge in [-0.2, -0.15) is 0 Å². The Labute approximate surface area is 381 Å². The summed E-state index contributed by atoms with van der Waals surface area (Å²) in [7, 11) is 0. The molecule has 0 radical (unpaired) electrons. The summed E-state index contributed by atoms with van der Waals surface area (Å²) in [6.45, 7) is -1.70. The summed E-state index contributed by atoms with van der Waals surface area (Å²) in [6, 6.07) is -1.19. The quantitative estimate of drug-likeness (QED) is 0.0683. The number of carbonyl (C=O) groups is 1. The number of amides is 1. The van der Waals surface area contributed by atoms with Crippen LogP contribution in [0.2, 0.25) is 0 Å². The molecule has 0 aromatic carbocycles. The maximum Gasteiger partial charge on any atom is 0.217 e. The van der Waals surface area contributed by atoms with Crippen LogP contribution in [0.15, 0.2) is 0 Å². The van der Waals surface area contributed by atoms with E-state index in [9.17, 15) is 86.5 Å². The number of ether oxygens (including phenoxy) is 11. The predicted molar refractivity (Wildman–Crippen MR) is 207 cm³/mol. The Balaban J connectivity index is 1.22. The van der Waals surface area contributed by atoms with Crippen LogP contribution in [-0.2, 0) is 56.9 Å². The van der Waals surface area contributed by atoms with Crippen LogP contribution >= 0.6 is 0 Å². The third-order valence-electron chi connectivity index (χ3n) is 12.6. The van der Waals surface area contributed by atoms with Crippen molar-refractivity contribution >= 4 is 5.91 Å². The van der Waals surface area contributed by atoms with Gasteiger partial charge in [-0.15, -0.1) is 0 Å². The lowest BCUT2D eigenvalue weighted by Crippen LogP contribution is -2.68. The molecule has 28 atom stereocenters. The van der Waals surface area contributed by atoms with Gasteiger partial charge in [0.2, 0.25) is 5.91 Å². The minimum atomic E-state index is -2.09. The Morgan fingerprint density at radius 2 is 0.985 bits per heavy atom. The van der Waals surface area contributed by atoms with E-state index in [0.717, 1.165) is 6.92 Å². The molecule has 6 rings (SSSR count). The second kappa shape index (κ2) is 23.7. The van der Waals surface area contributed by atoms with Gasteiger partial charge in [0.05, 0.1) is 57.9 Å². The molecule has 0 unspecified atom stereocenters. The minimum absolute atomic E-state index is 0.385. The Morgan fingerprint density at radius 3 is 1.60 bits per heavy atom. The molecule has 29 heteroatoms. The normalized spacial score (nSPS) is 51.0. The lowest BCUT2D eigenvalue weighted by atomic mass is 9.95. The highest BCUT2D eigenvalue weighted by Crippen LogP contribution is 2.36.